The minimum Gasteiger partial charge on any atom is -0.315 e. The Kier molecular flexibility index (Phi) is 4.56. The van der Waals surface area contributed by atoms with Gasteiger partial charge in [-0.05, 0) is 46.6 Å². The van der Waals surface area contributed by atoms with Gasteiger partial charge in [-0.1, -0.05) is 0 Å². The van der Waals surface area contributed by atoms with Crippen LogP contribution in [0.3, 0.4) is 0 Å². The summed E-state index contributed by atoms with van der Waals surface area (Å²) in [5, 5.41) is 4.71. The summed E-state index contributed by atoms with van der Waals surface area (Å²) in [7, 11) is -1.84. The first kappa shape index (κ1) is 14.4. The third-order valence-corrected chi connectivity index (χ3v) is 5.43. The molecule has 0 radical (unpaired) electrons. The molecular formula is C11H12BrN3O2S2. The molecule has 2 rings (SSSR count). The second-order valence-electron chi connectivity index (χ2n) is 3.68. The van der Waals surface area contributed by atoms with E-state index in [1.165, 1.54) is 17.5 Å². The lowest BCUT2D eigenvalue weighted by Crippen LogP contribution is -2.16. The maximum atomic E-state index is 12.3. The van der Waals surface area contributed by atoms with E-state index in [1.54, 1.807) is 30.6 Å². The van der Waals surface area contributed by atoms with Crippen molar-refractivity contribution in [3.8, 4) is 0 Å². The highest BCUT2D eigenvalue weighted by Gasteiger charge is 2.20. The van der Waals surface area contributed by atoms with Crippen molar-refractivity contribution in [2.75, 3.05) is 11.8 Å². The fourth-order valence-electron chi connectivity index (χ4n) is 1.50. The molecule has 0 amide bonds. The van der Waals surface area contributed by atoms with Gasteiger partial charge in [-0.2, -0.15) is 0 Å². The van der Waals surface area contributed by atoms with Crippen LogP contribution in [0.5, 0.6) is 0 Å². The third kappa shape index (κ3) is 3.33. The largest absolute Gasteiger partial charge is 0.315 e. The number of halogens is 1. The highest BCUT2D eigenvalue weighted by atomic mass is 79.9. The lowest BCUT2D eigenvalue weighted by Gasteiger charge is -2.09. The number of rotatable bonds is 5. The zero-order chi connectivity index (χ0) is 13.9. The lowest BCUT2D eigenvalue weighted by atomic mass is 10.5. The van der Waals surface area contributed by atoms with Gasteiger partial charge in [-0.15, -0.1) is 11.3 Å². The number of sulfonamides is 1. The molecule has 0 aromatic carbocycles. The summed E-state index contributed by atoms with van der Waals surface area (Å²) >= 11 is 4.66. The topological polar surface area (TPSA) is 71.1 Å². The maximum absolute atomic E-state index is 12.3. The molecule has 19 heavy (non-hydrogen) atoms. The summed E-state index contributed by atoms with van der Waals surface area (Å²) in [6.07, 6.45) is 1.53. The highest BCUT2D eigenvalue weighted by molar-refractivity contribution is 9.10. The smallest absolute Gasteiger partial charge is 0.264 e. The standard InChI is InChI=1S/C11H12BrN3O2S2/c1-13-7-9-10(4-6-18-9)19(16,17)15-11-8(12)3-2-5-14-11/h2-6,13H,7H2,1H3,(H,14,15). The van der Waals surface area contributed by atoms with Crippen molar-refractivity contribution in [1.29, 1.82) is 0 Å². The molecule has 5 nitrogen and oxygen atoms in total. The van der Waals surface area contributed by atoms with E-state index in [0.29, 0.717) is 11.0 Å². The van der Waals surface area contributed by atoms with Crippen molar-refractivity contribution in [2.45, 2.75) is 11.4 Å². The number of hydrogen-bond donors (Lipinski definition) is 2. The quantitative estimate of drug-likeness (QED) is 0.857. The third-order valence-electron chi connectivity index (χ3n) is 2.32. The van der Waals surface area contributed by atoms with Crippen LogP contribution in [0.1, 0.15) is 4.88 Å². The van der Waals surface area contributed by atoms with E-state index in [4.69, 9.17) is 0 Å². The second kappa shape index (κ2) is 6.00. The van der Waals surface area contributed by atoms with Crippen molar-refractivity contribution < 1.29 is 8.42 Å². The molecule has 2 N–H and O–H groups in total. The molecule has 8 heteroatoms. The molecule has 2 aromatic rings. The number of anilines is 1. The number of nitrogens with one attached hydrogen (secondary N) is 2. The molecule has 2 aromatic heterocycles. The van der Waals surface area contributed by atoms with Gasteiger partial charge in [0.05, 0.1) is 4.47 Å². The van der Waals surface area contributed by atoms with Crippen molar-refractivity contribution in [3.63, 3.8) is 0 Å². The van der Waals surface area contributed by atoms with E-state index in [-0.39, 0.29) is 10.7 Å². The second-order valence-corrected chi connectivity index (χ2v) is 7.18. The molecule has 102 valence electrons. The summed E-state index contributed by atoms with van der Waals surface area (Å²) in [5.74, 6) is 0.282. The first-order valence-corrected chi connectivity index (χ1v) is 8.54. The van der Waals surface area contributed by atoms with Crippen LogP contribution in [0.25, 0.3) is 0 Å². The predicted octanol–water partition coefficient (Wildman–Crippen LogP) is 2.43. The van der Waals surface area contributed by atoms with Crippen LogP contribution in [-0.2, 0) is 16.6 Å². The Morgan fingerprint density at radius 1 is 1.42 bits per heavy atom. The van der Waals surface area contributed by atoms with Gasteiger partial charge in [0.2, 0.25) is 0 Å². The molecular weight excluding hydrogens is 350 g/mol. The lowest BCUT2D eigenvalue weighted by molar-refractivity contribution is 0.600. The average molecular weight is 362 g/mol. The molecule has 0 atom stereocenters. The van der Waals surface area contributed by atoms with E-state index in [0.717, 1.165) is 4.88 Å². The zero-order valence-electron chi connectivity index (χ0n) is 10.1. The average Bonchev–Trinajstić information content (AvgIpc) is 2.81. The van der Waals surface area contributed by atoms with Crippen LogP contribution in [0, 0.1) is 0 Å². The summed E-state index contributed by atoms with van der Waals surface area (Å²) in [4.78, 5) is 5.05. The highest BCUT2D eigenvalue weighted by Crippen LogP contribution is 2.26. The van der Waals surface area contributed by atoms with Gasteiger partial charge < -0.3 is 5.32 Å². The normalized spacial score (nSPS) is 11.5. The zero-order valence-corrected chi connectivity index (χ0v) is 13.3. The SMILES string of the molecule is CNCc1sccc1S(=O)(=O)Nc1ncccc1Br. The first-order chi connectivity index (χ1) is 9.04. The molecule has 0 aliphatic rings. The molecule has 0 aliphatic carbocycles. The Labute approximate surface area is 124 Å². The molecule has 0 bridgehead atoms. The summed E-state index contributed by atoms with van der Waals surface area (Å²) in [5.41, 5.74) is 0. The minimum atomic E-state index is -3.62. The van der Waals surface area contributed by atoms with Gasteiger partial charge in [0, 0.05) is 17.6 Å². The van der Waals surface area contributed by atoms with Gasteiger partial charge in [-0.3, -0.25) is 4.72 Å². The Bertz CT molecular complexity index is 670. The molecule has 0 fully saturated rings. The number of hydrogen-bond acceptors (Lipinski definition) is 5. The van der Waals surface area contributed by atoms with E-state index >= 15 is 0 Å². The van der Waals surface area contributed by atoms with Gasteiger partial charge in [0.15, 0.2) is 5.82 Å². The number of nitrogens with zero attached hydrogens (tertiary/aromatic N) is 1. The van der Waals surface area contributed by atoms with E-state index in [1.807, 2.05) is 0 Å². The van der Waals surface area contributed by atoms with Crippen molar-refractivity contribution in [2.24, 2.45) is 0 Å². The van der Waals surface area contributed by atoms with Crippen LogP contribution in [0.2, 0.25) is 0 Å². The van der Waals surface area contributed by atoms with Crippen LogP contribution in [0.15, 0.2) is 39.1 Å². The number of thiophene rings is 1. The predicted molar refractivity (Wildman–Crippen MR) is 79.8 cm³/mol. The molecule has 0 aliphatic heterocycles. The molecule has 0 unspecified atom stereocenters. The summed E-state index contributed by atoms with van der Waals surface area (Å²) in [6, 6.07) is 5.04. The summed E-state index contributed by atoms with van der Waals surface area (Å²) < 4.78 is 27.7. The van der Waals surface area contributed by atoms with E-state index < -0.39 is 10.0 Å². The van der Waals surface area contributed by atoms with Gasteiger partial charge in [0.1, 0.15) is 4.90 Å². The van der Waals surface area contributed by atoms with Crippen molar-refractivity contribution in [3.05, 3.63) is 39.1 Å². The summed E-state index contributed by atoms with van der Waals surface area (Å²) in [6.45, 7) is 0.511. The van der Waals surface area contributed by atoms with Gasteiger partial charge in [-0.25, -0.2) is 13.4 Å². The first-order valence-electron chi connectivity index (χ1n) is 5.39. The van der Waals surface area contributed by atoms with Crippen LogP contribution >= 0.6 is 27.3 Å². The minimum absolute atomic E-state index is 0.282. The van der Waals surface area contributed by atoms with Crippen LogP contribution in [0.4, 0.5) is 5.82 Å². The Balaban J connectivity index is 2.33. The fraction of sp³-hybridized carbons (Fsp3) is 0.182. The Morgan fingerprint density at radius 3 is 2.89 bits per heavy atom. The van der Waals surface area contributed by atoms with Crippen molar-refractivity contribution in [1.82, 2.24) is 10.3 Å². The Morgan fingerprint density at radius 2 is 2.21 bits per heavy atom. The van der Waals surface area contributed by atoms with Crippen LogP contribution in [-0.4, -0.2) is 20.4 Å². The molecule has 2 heterocycles. The number of aromatic nitrogens is 1. The van der Waals surface area contributed by atoms with Gasteiger partial charge in [0.25, 0.3) is 10.0 Å². The van der Waals surface area contributed by atoms with E-state index in [2.05, 4.69) is 31.0 Å². The maximum Gasteiger partial charge on any atom is 0.264 e. The van der Waals surface area contributed by atoms with Crippen molar-refractivity contribution >= 4 is 43.1 Å². The molecule has 0 saturated heterocycles. The van der Waals surface area contributed by atoms with Crippen LogP contribution < -0.4 is 10.0 Å². The monoisotopic (exact) mass is 361 g/mol. The molecule has 0 saturated carbocycles. The van der Waals surface area contributed by atoms with Gasteiger partial charge >= 0.3 is 0 Å². The van der Waals surface area contributed by atoms with E-state index in [9.17, 15) is 8.42 Å². The Hall–Kier alpha value is -0.960. The number of pyridine rings is 1. The fourth-order valence-corrected chi connectivity index (χ4v) is 4.47. The molecule has 0 spiro atoms.